The molecule has 0 fully saturated rings. The van der Waals surface area contributed by atoms with E-state index in [0.717, 1.165) is 0 Å². The molecular formula is C22H22O7. The van der Waals surface area contributed by atoms with E-state index >= 15 is 0 Å². The fourth-order valence-corrected chi connectivity index (χ4v) is 2.54. The molecule has 2 unspecified atom stereocenters. The zero-order chi connectivity index (χ0) is 21.2. The number of esters is 3. The lowest BCUT2D eigenvalue weighted by molar-refractivity contribution is -0.170. The van der Waals surface area contributed by atoms with Crippen LogP contribution in [0.5, 0.6) is 0 Å². The summed E-state index contributed by atoms with van der Waals surface area (Å²) in [5.74, 6) is -3.65. The Kier molecular flexibility index (Phi) is 8.24. The van der Waals surface area contributed by atoms with Gasteiger partial charge in [0.05, 0.1) is 0 Å². The number of ketones is 1. The first-order chi connectivity index (χ1) is 13.9. The van der Waals surface area contributed by atoms with Crippen LogP contribution in [0, 0.1) is 0 Å². The van der Waals surface area contributed by atoms with Gasteiger partial charge in [0.1, 0.15) is 19.1 Å². The predicted octanol–water partition coefficient (Wildman–Crippen LogP) is 2.75. The highest BCUT2D eigenvalue weighted by Crippen LogP contribution is 2.23. The standard InChI is InChI=1S/C22H22O7/c1-15(23)13-28-20(18-11-7-4-8-12-18)22(26)29-21(25)19(14-27-16(2)24)17-9-5-3-6-10-17/h3-12,19-20H,13-14H2,1-2H3. The van der Waals surface area contributed by atoms with E-state index in [9.17, 15) is 19.2 Å². The normalized spacial score (nSPS) is 12.5. The van der Waals surface area contributed by atoms with Crippen molar-refractivity contribution >= 4 is 23.7 Å². The number of ether oxygens (including phenoxy) is 3. The predicted molar refractivity (Wildman–Crippen MR) is 103 cm³/mol. The Hall–Kier alpha value is -3.32. The largest absolute Gasteiger partial charge is 0.465 e. The molecule has 2 rings (SSSR count). The smallest absolute Gasteiger partial charge is 0.347 e. The van der Waals surface area contributed by atoms with Crippen molar-refractivity contribution in [3.05, 3.63) is 71.8 Å². The quantitative estimate of drug-likeness (QED) is 0.473. The molecule has 2 atom stereocenters. The highest BCUT2D eigenvalue weighted by Gasteiger charge is 2.31. The summed E-state index contributed by atoms with van der Waals surface area (Å²) in [7, 11) is 0. The second kappa shape index (κ2) is 10.9. The van der Waals surface area contributed by atoms with Crippen LogP contribution in [0.1, 0.15) is 37.0 Å². The average molecular weight is 398 g/mol. The Morgan fingerprint density at radius 3 is 1.86 bits per heavy atom. The minimum absolute atomic E-state index is 0.268. The molecule has 29 heavy (non-hydrogen) atoms. The summed E-state index contributed by atoms with van der Waals surface area (Å²) in [5.41, 5.74) is 0.982. The molecule has 0 radical (unpaired) electrons. The Morgan fingerprint density at radius 1 is 0.793 bits per heavy atom. The van der Waals surface area contributed by atoms with Crippen LogP contribution in [0.3, 0.4) is 0 Å². The summed E-state index contributed by atoms with van der Waals surface area (Å²) >= 11 is 0. The zero-order valence-electron chi connectivity index (χ0n) is 16.2. The first kappa shape index (κ1) is 22.0. The maximum atomic E-state index is 12.7. The second-order valence-electron chi connectivity index (χ2n) is 6.31. The average Bonchev–Trinajstić information content (AvgIpc) is 2.69. The van der Waals surface area contributed by atoms with Crippen LogP contribution in [0.25, 0.3) is 0 Å². The molecule has 0 heterocycles. The molecule has 0 aliphatic carbocycles. The van der Waals surface area contributed by atoms with Gasteiger partial charge >= 0.3 is 17.9 Å². The molecule has 7 nitrogen and oxygen atoms in total. The van der Waals surface area contributed by atoms with E-state index in [4.69, 9.17) is 14.2 Å². The van der Waals surface area contributed by atoms with Gasteiger partial charge in [0, 0.05) is 6.92 Å². The molecule has 0 saturated heterocycles. The molecule has 0 aromatic heterocycles. The number of hydrogen-bond acceptors (Lipinski definition) is 7. The van der Waals surface area contributed by atoms with Gasteiger partial charge in [0.15, 0.2) is 11.9 Å². The molecule has 0 amide bonds. The maximum Gasteiger partial charge on any atom is 0.347 e. The summed E-state index contributed by atoms with van der Waals surface area (Å²) in [6.07, 6.45) is -1.24. The van der Waals surface area contributed by atoms with E-state index in [1.165, 1.54) is 13.8 Å². The molecule has 0 aliphatic heterocycles. The van der Waals surface area contributed by atoms with Gasteiger partial charge in [0.25, 0.3) is 0 Å². The fourth-order valence-electron chi connectivity index (χ4n) is 2.54. The van der Waals surface area contributed by atoms with Crippen molar-refractivity contribution < 1.29 is 33.4 Å². The first-order valence-corrected chi connectivity index (χ1v) is 8.98. The van der Waals surface area contributed by atoms with E-state index in [2.05, 4.69) is 0 Å². The molecule has 0 aliphatic rings. The van der Waals surface area contributed by atoms with Crippen LogP contribution < -0.4 is 0 Å². The highest BCUT2D eigenvalue weighted by molar-refractivity contribution is 5.92. The summed E-state index contributed by atoms with van der Waals surface area (Å²) in [5, 5.41) is 0. The molecular weight excluding hydrogens is 376 g/mol. The third-order valence-corrected chi connectivity index (χ3v) is 3.91. The molecule has 0 saturated carbocycles. The molecule has 0 spiro atoms. The molecule has 7 heteroatoms. The number of carbonyl (C=O) groups is 4. The number of rotatable bonds is 9. The maximum absolute atomic E-state index is 12.7. The third kappa shape index (κ3) is 6.97. The number of benzene rings is 2. The van der Waals surface area contributed by atoms with E-state index < -0.39 is 29.9 Å². The van der Waals surface area contributed by atoms with Crippen molar-refractivity contribution in [2.75, 3.05) is 13.2 Å². The van der Waals surface area contributed by atoms with E-state index in [1.54, 1.807) is 60.7 Å². The van der Waals surface area contributed by atoms with Gasteiger partial charge in [-0.3, -0.25) is 14.4 Å². The van der Waals surface area contributed by atoms with Gasteiger partial charge in [-0.1, -0.05) is 60.7 Å². The Morgan fingerprint density at radius 2 is 1.34 bits per heavy atom. The Balaban J connectivity index is 2.19. The second-order valence-corrected chi connectivity index (χ2v) is 6.31. The number of hydrogen-bond donors (Lipinski definition) is 0. The van der Waals surface area contributed by atoms with Crippen LogP contribution in [0.15, 0.2) is 60.7 Å². The summed E-state index contributed by atoms with van der Waals surface area (Å²) in [4.78, 5) is 47.8. The summed E-state index contributed by atoms with van der Waals surface area (Å²) < 4.78 is 15.4. The van der Waals surface area contributed by atoms with E-state index in [0.29, 0.717) is 11.1 Å². The lowest BCUT2D eigenvalue weighted by Crippen LogP contribution is -2.28. The van der Waals surface area contributed by atoms with Crippen LogP contribution >= 0.6 is 0 Å². The fraction of sp³-hybridized carbons (Fsp3) is 0.273. The van der Waals surface area contributed by atoms with Crippen molar-refractivity contribution in [2.45, 2.75) is 25.9 Å². The van der Waals surface area contributed by atoms with Gasteiger partial charge in [0.2, 0.25) is 0 Å². The van der Waals surface area contributed by atoms with Crippen molar-refractivity contribution in [2.24, 2.45) is 0 Å². The number of carbonyl (C=O) groups excluding carboxylic acids is 4. The monoisotopic (exact) mass is 398 g/mol. The first-order valence-electron chi connectivity index (χ1n) is 8.98. The topological polar surface area (TPSA) is 96.0 Å². The van der Waals surface area contributed by atoms with E-state index in [-0.39, 0.29) is 19.0 Å². The van der Waals surface area contributed by atoms with Crippen molar-refractivity contribution in [1.29, 1.82) is 0 Å². The van der Waals surface area contributed by atoms with Crippen molar-refractivity contribution in [3.63, 3.8) is 0 Å². The molecule has 152 valence electrons. The van der Waals surface area contributed by atoms with Crippen LogP contribution in [-0.2, 0) is 33.4 Å². The van der Waals surface area contributed by atoms with Crippen LogP contribution in [0.2, 0.25) is 0 Å². The minimum atomic E-state index is -1.24. The van der Waals surface area contributed by atoms with Gasteiger partial charge in [-0.05, 0) is 18.1 Å². The summed E-state index contributed by atoms with van der Waals surface area (Å²) in [6, 6.07) is 16.9. The minimum Gasteiger partial charge on any atom is -0.465 e. The van der Waals surface area contributed by atoms with Crippen LogP contribution in [0.4, 0.5) is 0 Å². The molecule has 0 N–H and O–H groups in total. The Bertz CT molecular complexity index is 774. The summed E-state index contributed by atoms with van der Waals surface area (Å²) in [6.45, 7) is 1.97. The van der Waals surface area contributed by atoms with Gasteiger partial charge in [-0.2, -0.15) is 0 Å². The number of Topliss-reactive ketones (excluding diaryl/α,β-unsaturated/α-hetero) is 1. The van der Waals surface area contributed by atoms with Crippen molar-refractivity contribution in [3.8, 4) is 0 Å². The third-order valence-electron chi connectivity index (χ3n) is 3.91. The van der Waals surface area contributed by atoms with Gasteiger partial charge in [-0.25, -0.2) is 4.79 Å². The van der Waals surface area contributed by atoms with Gasteiger partial charge in [-0.15, -0.1) is 0 Å². The molecule has 2 aromatic carbocycles. The molecule has 2 aromatic rings. The lowest BCUT2D eigenvalue weighted by Gasteiger charge is -2.19. The SMILES string of the molecule is CC(=O)COC(C(=O)OC(=O)C(COC(C)=O)c1ccccc1)c1ccccc1. The van der Waals surface area contributed by atoms with E-state index in [1.807, 2.05) is 0 Å². The highest BCUT2D eigenvalue weighted by atomic mass is 16.6. The van der Waals surface area contributed by atoms with Gasteiger partial charge < -0.3 is 14.2 Å². The van der Waals surface area contributed by atoms with Crippen molar-refractivity contribution in [1.82, 2.24) is 0 Å². The lowest BCUT2D eigenvalue weighted by atomic mass is 10.0. The Labute approximate surface area is 168 Å². The van der Waals surface area contributed by atoms with Crippen LogP contribution in [-0.4, -0.2) is 36.9 Å². The zero-order valence-corrected chi connectivity index (χ0v) is 16.2. The molecule has 0 bridgehead atoms.